The van der Waals surface area contributed by atoms with Gasteiger partial charge in [0.15, 0.2) is 27.9 Å². The predicted molar refractivity (Wildman–Crippen MR) is 149 cm³/mol. The first-order chi connectivity index (χ1) is 17.5. The van der Waals surface area contributed by atoms with E-state index >= 15 is 0 Å². The van der Waals surface area contributed by atoms with E-state index in [1.807, 2.05) is 38.1 Å². The summed E-state index contributed by atoms with van der Waals surface area (Å²) in [4.78, 5) is 0.766. The van der Waals surface area contributed by atoms with Gasteiger partial charge in [-0.3, -0.25) is 0 Å². The van der Waals surface area contributed by atoms with E-state index in [2.05, 4.69) is 31.4 Å². The molecule has 4 rings (SSSR count). The quantitative estimate of drug-likeness (QED) is 0.211. The van der Waals surface area contributed by atoms with Crippen molar-refractivity contribution in [3.63, 3.8) is 0 Å². The topological polar surface area (TPSA) is 86.8 Å². The second kappa shape index (κ2) is 10.8. The summed E-state index contributed by atoms with van der Waals surface area (Å²) in [7, 11) is 0. The Kier molecular flexibility index (Phi) is 8.04. The van der Waals surface area contributed by atoms with Gasteiger partial charge in [-0.15, -0.1) is 0 Å². The highest BCUT2D eigenvalue weighted by molar-refractivity contribution is 7.79. The first-order valence-electron chi connectivity index (χ1n) is 12.7. The minimum Gasteiger partial charge on any atom is -0.460 e. The van der Waals surface area contributed by atoms with E-state index in [1.165, 1.54) is 12.8 Å². The van der Waals surface area contributed by atoms with Crippen molar-refractivity contribution in [1.29, 1.82) is 0 Å². The Morgan fingerprint density at radius 3 is 2.19 bits per heavy atom. The van der Waals surface area contributed by atoms with E-state index in [-0.39, 0.29) is 5.41 Å². The monoisotopic (exact) mass is 542 g/mol. The van der Waals surface area contributed by atoms with Crippen LogP contribution in [0.1, 0.15) is 71.4 Å². The smallest absolute Gasteiger partial charge is 0.209 e. The highest BCUT2D eigenvalue weighted by Gasteiger charge is 2.44. The maximum Gasteiger partial charge on any atom is 0.209 e. The average molecular weight is 543 g/mol. The zero-order chi connectivity index (χ0) is 27.0. The number of rotatable bonds is 9. The van der Waals surface area contributed by atoms with Gasteiger partial charge in [0.1, 0.15) is 18.1 Å². The van der Waals surface area contributed by atoms with Crippen LogP contribution >= 0.6 is 0 Å². The third-order valence-electron chi connectivity index (χ3n) is 7.46. The van der Waals surface area contributed by atoms with Crippen LogP contribution in [-0.4, -0.2) is 34.4 Å². The molecule has 37 heavy (non-hydrogen) atoms. The molecular weight excluding hydrogens is 506 g/mol. The van der Waals surface area contributed by atoms with Crippen molar-refractivity contribution < 1.29 is 26.8 Å². The molecule has 2 heterocycles. The van der Waals surface area contributed by atoms with Gasteiger partial charge in [-0.05, 0) is 70.5 Å². The Labute approximate surface area is 224 Å². The van der Waals surface area contributed by atoms with Crippen LogP contribution in [0.15, 0.2) is 70.2 Å². The van der Waals surface area contributed by atoms with Crippen molar-refractivity contribution in [2.45, 2.75) is 80.9 Å². The molecule has 8 heteroatoms. The second-order valence-electron chi connectivity index (χ2n) is 10.7. The molecule has 2 aromatic rings. The maximum absolute atomic E-state index is 11.8. The van der Waals surface area contributed by atoms with E-state index in [4.69, 9.17) is 4.74 Å². The fourth-order valence-corrected chi connectivity index (χ4v) is 6.05. The molecule has 2 unspecified atom stereocenters. The third kappa shape index (κ3) is 5.30. The SMILES string of the molecule is CCCCCC[N+]1=C(/C=C/C=C2/Oc3ccc(S(=O)O)cc3C2(C)C)C(C)(C)c2cc(S(=O)O)ccc21. The van der Waals surface area contributed by atoms with Gasteiger partial charge in [-0.2, -0.15) is 4.58 Å². The normalized spacial score (nSPS) is 20.2. The van der Waals surface area contributed by atoms with Crippen molar-refractivity contribution in [3.8, 4) is 5.75 Å². The van der Waals surface area contributed by atoms with E-state index in [0.717, 1.165) is 47.7 Å². The van der Waals surface area contributed by atoms with Crippen molar-refractivity contribution >= 4 is 33.6 Å². The molecule has 0 saturated carbocycles. The Balaban J connectivity index is 1.69. The summed E-state index contributed by atoms with van der Waals surface area (Å²) in [6, 6.07) is 10.6. The van der Waals surface area contributed by atoms with Crippen LogP contribution in [0.3, 0.4) is 0 Å². The van der Waals surface area contributed by atoms with Crippen molar-refractivity contribution in [2.75, 3.05) is 6.54 Å². The summed E-state index contributed by atoms with van der Waals surface area (Å²) in [5.74, 6) is 1.46. The molecule has 198 valence electrons. The molecule has 0 aliphatic carbocycles. The summed E-state index contributed by atoms with van der Waals surface area (Å²) in [5, 5.41) is 0. The van der Waals surface area contributed by atoms with E-state index in [9.17, 15) is 17.5 Å². The zero-order valence-corrected chi connectivity index (χ0v) is 23.7. The van der Waals surface area contributed by atoms with Crippen LogP contribution in [-0.2, 0) is 33.0 Å². The summed E-state index contributed by atoms with van der Waals surface area (Å²) >= 11 is -4.08. The number of benzene rings is 2. The molecule has 6 nitrogen and oxygen atoms in total. The van der Waals surface area contributed by atoms with Crippen molar-refractivity contribution in [1.82, 2.24) is 0 Å². The zero-order valence-electron chi connectivity index (χ0n) is 22.1. The third-order valence-corrected chi connectivity index (χ3v) is 8.78. The summed E-state index contributed by atoms with van der Waals surface area (Å²) in [5.41, 5.74) is 3.34. The Hall–Kier alpha value is -2.39. The van der Waals surface area contributed by atoms with Crippen LogP contribution in [0.25, 0.3) is 0 Å². The second-order valence-corrected chi connectivity index (χ2v) is 12.6. The lowest BCUT2D eigenvalue weighted by Gasteiger charge is -2.18. The molecule has 0 aromatic heterocycles. The number of hydrogen-bond donors (Lipinski definition) is 2. The fourth-order valence-electron chi connectivity index (χ4n) is 5.24. The number of unbranched alkanes of at least 4 members (excludes halogenated alkanes) is 3. The molecule has 0 bridgehead atoms. The summed E-state index contributed by atoms with van der Waals surface area (Å²) in [6.07, 6.45) is 10.7. The van der Waals surface area contributed by atoms with E-state index in [1.54, 1.807) is 24.3 Å². The van der Waals surface area contributed by atoms with Gasteiger partial charge in [-0.1, -0.05) is 25.8 Å². The molecule has 2 atom stereocenters. The lowest BCUT2D eigenvalue weighted by atomic mass is 9.81. The van der Waals surface area contributed by atoms with Gasteiger partial charge < -0.3 is 13.8 Å². The van der Waals surface area contributed by atoms with Crippen LogP contribution in [0.5, 0.6) is 5.75 Å². The largest absolute Gasteiger partial charge is 0.460 e. The molecule has 2 aliphatic rings. The molecule has 2 aliphatic heterocycles. The van der Waals surface area contributed by atoms with Gasteiger partial charge in [0.05, 0.1) is 20.6 Å². The minimum atomic E-state index is -2.05. The molecule has 0 radical (unpaired) electrons. The highest BCUT2D eigenvalue weighted by Crippen LogP contribution is 2.46. The van der Waals surface area contributed by atoms with Crippen molar-refractivity contribution in [3.05, 3.63) is 71.5 Å². The van der Waals surface area contributed by atoms with Gasteiger partial charge in [0.2, 0.25) is 5.69 Å². The summed E-state index contributed by atoms with van der Waals surface area (Å²) in [6.45, 7) is 11.5. The average Bonchev–Trinajstić information content (AvgIpc) is 3.22. The number of hydrogen-bond acceptors (Lipinski definition) is 3. The molecule has 2 N–H and O–H groups in total. The molecule has 0 spiro atoms. The Morgan fingerprint density at radius 2 is 1.54 bits per heavy atom. The predicted octanol–water partition coefficient (Wildman–Crippen LogP) is 6.61. The Morgan fingerprint density at radius 1 is 0.892 bits per heavy atom. The van der Waals surface area contributed by atoms with Crippen LogP contribution in [0.2, 0.25) is 0 Å². The van der Waals surface area contributed by atoms with Gasteiger partial charge in [0.25, 0.3) is 0 Å². The number of ether oxygens (including phenoxy) is 1. The van der Waals surface area contributed by atoms with E-state index < -0.39 is 27.6 Å². The number of nitrogens with zero attached hydrogens (tertiary/aromatic N) is 1. The number of fused-ring (bicyclic) bond motifs is 2. The van der Waals surface area contributed by atoms with Crippen LogP contribution < -0.4 is 4.74 Å². The molecule has 0 fully saturated rings. The van der Waals surface area contributed by atoms with Crippen LogP contribution in [0, 0.1) is 0 Å². The minimum absolute atomic E-state index is 0.348. The number of allylic oxidation sites excluding steroid dienone is 4. The van der Waals surface area contributed by atoms with E-state index in [0.29, 0.717) is 15.5 Å². The van der Waals surface area contributed by atoms with Gasteiger partial charge in [0, 0.05) is 29.7 Å². The van der Waals surface area contributed by atoms with Crippen molar-refractivity contribution in [2.24, 2.45) is 0 Å². The first kappa shape index (κ1) is 27.6. The lowest BCUT2D eigenvalue weighted by molar-refractivity contribution is -0.438. The lowest BCUT2D eigenvalue weighted by Crippen LogP contribution is -2.28. The molecule has 0 saturated heterocycles. The van der Waals surface area contributed by atoms with Crippen LogP contribution in [0.4, 0.5) is 5.69 Å². The highest BCUT2D eigenvalue weighted by atomic mass is 32.2. The van der Waals surface area contributed by atoms with Gasteiger partial charge >= 0.3 is 0 Å². The fraction of sp³-hybridized carbons (Fsp3) is 0.414. The first-order valence-corrected chi connectivity index (χ1v) is 14.9. The standard InChI is InChI=1S/C29H35NO5S2/c1-6-7-8-9-17-30-24-15-13-20(36(31)32)18-22(24)28(2,3)26(30)11-10-12-27-29(4,5)23-19-21(37(33)34)14-16-25(23)35-27/h10-16,18-19H,6-9,17H2,1-5H3,(H-,31,32,33,34)/p+1/b11-10+,27-12+. The van der Waals surface area contributed by atoms with Gasteiger partial charge in [-0.25, -0.2) is 8.42 Å². The maximum atomic E-state index is 11.8. The molecule has 0 amide bonds. The Bertz CT molecular complexity index is 1350. The summed E-state index contributed by atoms with van der Waals surface area (Å²) < 4.78 is 51.0. The molecular formula is C29H36NO5S2+. The molecule has 2 aromatic carbocycles.